The summed E-state index contributed by atoms with van der Waals surface area (Å²) in [5, 5.41) is 16.5. The molecule has 1 saturated heterocycles. The predicted molar refractivity (Wildman–Crippen MR) is 105 cm³/mol. The fraction of sp³-hybridized carbons (Fsp3) is 0.316. The van der Waals surface area contributed by atoms with Crippen molar-refractivity contribution in [1.29, 1.82) is 0 Å². The summed E-state index contributed by atoms with van der Waals surface area (Å²) >= 11 is 1.10. The summed E-state index contributed by atoms with van der Waals surface area (Å²) in [4.78, 5) is 20.7. The van der Waals surface area contributed by atoms with Gasteiger partial charge in [0.05, 0.1) is 11.1 Å². The number of ether oxygens (including phenoxy) is 1. The number of thiophene rings is 1. The highest BCUT2D eigenvalue weighted by Crippen LogP contribution is 2.36. The minimum atomic E-state index is -0.998. The molecule has 146 valence electrons. The van der Waals surface area contributed by atoms with Crippen molar-refractivity contribution in [1.82, 2.24) is 15.3 Å². The van der Waals surface area contributed by atoms with Gasteiger partial charge in [0.15, 0.2) is 0 Å². The van der Waals surface area contributed by atoms with E-state index in [1.54, 1.807) is 13.0 Å². The topological polar surface area (TPSA) is 96.4 Å². The molecule has 0 radical (unpaired) electrons. The summed E-state index contributed by atoms with van der Waals surface area (Å²) in [6, 6.07) is 4.28. The van der Waals surface area contributed by atoms with E-state index in [1.807, 2.05) is 0 Å². The fourth-order valence-electron chi connectivity index (χ4n) is 3.29. The van der Waals surface area contributed by atoms with Gasteiger partial charge in [-0.05, 0) is 44.0 Å². The lowest BCUT2D eigenvalue weighted by Crippen LogP contribution is -2.37. The van der Waals surface area contributed by atoms with Gasteiger partial charge in [-0.25, -0.2) is 19.2 Å². The molecule has 1 atom stereocenters. The number of hydrogen-bond acceptors (Lipinski definition) is 7. The average molecular weight is 402 g/mol. The molecule has 1 fully saturated rings. The van der Waals surface area contributed by atoms with Crippen molar-refractivity contribution >= 4 is 39.0 Å². The Labute approximate surface area is 164 Å². The second-order valence-corrected chi connectivity index (χ2v) is 7.61. The number of aryl methyl sites for hydroxylation is 1. The number of hydrogen-bond donors (Lipinski definition) is 3. The standard InChI is InChI=1S/C19H19FN4O3S/c1-10-15-17(22-9-23-18(15)28-16(10)19(25)26)24-13-5-4-11(20)7-14(13)27-12-3-2-6-21-8-12/h4-5,7,9,12,21H,2-3,6,8H2,1H3,(H,25,26)(H,22,23,24)/t12-/m0/s1. The zero-order chi connectivity index (χ0) is 19.7. The van der Waals surface area contributed by atoms with Crippen LogP contribution in [0.1, 0.15) is 28.1 Å². The fourth-order valence-corrected chi connectivity index (χ4v) is 4.28. The number of benzene rings is 1. The van der Waals surface area contributed by atoms with E-state index in [9.17, 15) is 14.3 Å². The number of anilines is 2. The van der Waals surface area contributed by atoms with E-state index in [0.717, 1.165) is 30.7 Å². The Morgan fingerprint density at radius 2 is 2.29 bits per heavy atom. The van der Waals surface area contributed by atoms with Gasteiger partial charge < -0.3 is 20.5 Å². The molecule has 1 aliphatic heterocycles. The molecule has 4 rings (SSSR count). The smallest absolute Gasteiger partial charge is 0.346 e. The maximum Gasteiger partial charge on any atom is 0.346 e. The van der Waals surface area contributed by atoms with Crippen molar-refractivity contribution in [3.63, 3.8) is 0 Å². The number of carboxylic acids is 1. The highest BCUT2D eigenvalue weighted by atomic mass is 32.1. The van der Waals surface area contributed by atoms with Crippen LogP contribution in [-0.2, 0) is 0 Å². The number of aromatic nitrogens is 2. The van der Waals surface area contributed by atoms with Gasteiger partial charge in [0.1, 0.15) is 39.5 Å². The molecular weight excluding hydrogens is 383 g/mol. The van der Waals surface area contributed by atoms with E-state index in [4.69, 9.17) is 4.74 Å². The van der Waals surface area contributed by atoms with E-state index in [2.05, 4.69) is 20.6 Å². The van der Waals surface area contributed by atoms with Gasteiger partial charge in [-0.15, -0.1) is 11.3 Å². The molecule has 9 heteroatoms. The summed E-state index contributed by atoms with van der Waals surface area (Å²) in [7, 11) is 0. The zero-order valence-corrected chi connectivity index (χ0v) is 16.0. The second kappa shape index (κ2) is 7.69. The van der Waals surface area contributed by atoms with Crippen molar-refractivity contribution in [3.8, 4) is 5.75 Å². The Morgan fingerprint density at radius 1 is 1.43 bits per heavy atom. The van der Waals surface area contributed by atoms with E-state index < -0.39 is 11.8 Å². The molecule has 7 nitrogen and oxygen atoms in total. The van der Waals surface area contributed by atoms with E-state index in [0.29, 0.717) is 39.6 Å². The summed E-state index contributed by atoms with van der Waals surface area (Å²) in [5.74, 6) is -0.532. The maximum atomic E-state index is 13.8. The minimum Gasteiger partial charge on any atom is -0.487 e. The highest BCUT2D eigenvalue weighted by molar-refractivity contribution is 7.20. The first-order valence-electron chi connectivity index (χ1n) is 8.94. The van der Waals surface area contributed by atoms with Gasteiger partial charge in [-0.1, -0.05) is 0 Å². The predicted octanol–water partition coefficient (Wildman–Crippen LogP) is 3.71. The number of rotatable bonds is 5. The van der Waals surface area contributed by atoms with E-state index in [-0.39, 0.29) is 11.0 Å². The number of aromatic carboxylic acids is 1. The van der Waals surface area contributed by atoms with Crippen molar-refractivity contribution in [2.24, 2.45) is 0 Å². The SMILES string of the molecule is Cc1c(C(=O)O)sc2ncnc(Nc3ccc(F)cc3O[C@H]3CCCNC3)c12. The molecule has 0 saturated carbocycles. The molecule has 2 aromatic heterocycles. The zero-order valence-electron chi connectivity index (χ0n) is 15.2. The van der Waals surface area contributed by atoms with Crippen LogP contribution < -0.4 is 15.4 Å². The first-order valence-corrected chi connectivity index (χ1v) is 9.76. The lowest BCUT2D eigenvalue weighted by molar-refractivity contribution is 0.0701. The number of piperidine rings is 1. The minimum absolute atomic E-state index is 0.0389. The highest BCUT2D eigenvalue weighted by Gasteiger charge is 2.21. The number of carbonyl (C=O) groups is 1. The van der Waals surface area contributed by atoms with Crippen LogP contribution in [0.3, 0.4) is 0 Å². The van der Waals surface area contributed by atoms with Crippen LogP contribution in [0.15, 0.2) is 24.5 Å². The maximum absolute atomic E-state index is 13.8. The lowest BCUT2D eigenvalue weighted by atomic mass is 10.1. The molecule has 0 unspecified atom stereocenters. The molecule has 3 aromatic rings. The second-order valence-electron chi connectivity index (χ2n) is 6.62. The molecule has 0 spiro atoms. The molecule has 1 aromatic carbocycles. The Balaban J connectivity index is 1.70. The van der Waals surface area contributed by atoms with Crippen LogP contribution in [0.4, 0.5) is 15.9 Å². The van der Waals surface area contributed by atoms with E-state index in [1.165, 1.54) is 18.5 Å². The summed E-state index contributed by atoms with van der Waals surface area (Å²) in [6.07, 6.45) is 3.23. The van der Waals surface area contributed by atoms with Gasteiger partial charge in [0, 0.05) is 12.6 Å². The Kier molecular flexibility index (Phi) is 5.10. The normalized spacial score (nSPS) is 16.9. The summed E-state index contributed by atoms with van der Waals surface area (Å²) in [5.41, 5.74) is 1.16. The van der Waals surface area contributed by atoms with Crippen LogP contribution in [-0.4, -0.2) is 40.2 Å². The molecule has 0 amide bonds. The third-order valence-electron chi connectivity index (χ3n) is 4.66. The largest absolute Gasteiger partial charge is 0.487 e. The average Bonchev–Trinajstić information content (AvgIpc) is 3.03. The summed E-state index contributed by atoms with van der Waals surface area (Å²) in [6.45, 7) is 3.39. The number of nitrogens with zero attached hydrogens (tertiary/aromatic N) is 2. The van der Waals surface area contributed by atoms with Gasteiger partial charge in [-0.3, -0.25) is 0 Å². The Hall–Kier alpha value is -2.78. The molecule has 3 N–H and O–H groups in total. The number of fused-ring (bicyclic) bond motifs is 1. The molecule has 1 aliphatic rings. The van der Waals surface area contributed by atoms with Crippen LogP contribution in [0.5, 0.6) is 5.75 Å². The number of halogens is 1. The van der Waals surface area contributed by atoms with Crippen molar-refractivity contribution in [3.05, 3.63) is 40.8 Å². The van der Waals surface area contributed by atoms with Crippen molar-refractivity contribution in [2.45, 2.75) is 25.9 Å². The first-order chi connectivity index (χ1) is 13.5. The number of nitrogens with one attached hydrogen (secondary N) is 2. The molecular formula is C19H19FN4O3S. The van der Waals surface area contributed by atoms with E-state index >= 15 is 0 Å². The van der Waals surface area contributed by atoms with Crippen LogP contribution in [0.25, 0.3) is 10.2 Å². The molecule has 0 bridgehead atoms. The van der Waals surface area contributed by atoms with Crippen LogP contribution in [0, 0.1) is 12.7 Å². The monoisotopic (exact) mass is 402 g/mol. The Bertz CT molecular complexity index is 1030. The lowest BCUT2D eigenvalue weighted by Gasteiger charge is -2.25. The van der Waals surface area contributed by atoms with Gasteiger partial charge in [0.2, 0.25) is 0 Å². The third kappa shape index (κ3) is 3.63. The van der Waals surface area contributed by atoms with Crippen molar-refractivity contribution < 1.29 is 19.0 Å². The molecule has 3 heterocycles. The molecule has 28 heavy (non-hydrogen) atoms. The Morgan fingerprint density at radius 3 is 3.04 bits per heavy atom. The van der Waals surface area contributed by atoms with Crippen LogP contribution in [0.2, 0.25) is 0 Å². The van der Waals surface area contributed by atoms with Gasteiger partial charge >= 0.3 is 5.97 Å². The van der Waals surface area contributed by atoms with Gasteiger partial charge in [0.25, 0.3) is 0 Å². The first kappa shape index (κ1) is 18.6. The van der Waals surface area contributed by atoms with Crippen LogP contribution >= 0.6 is 11.3 Å². The summed E-state index contributed by atoms with van der Waals surface area (Å²) < 4.78 is 19.9. The third-order valence-corrected chi connectivity index (χ3v) is 5.85. The molecule has 0 aliphatic carbocycles. The quantitative estimate of drug-likeness (QED) is 0.599. The number of carboxylic acid groups (broad SMARTS) is 1. The van der Waals surface area contributed by atoms with Gasteiger partial charge in [-0.2, -0.15) is 0 Å². The van der Waals surface area contributed by atoms with Crippen molar-refractivity contribution in [2.75, 3.05) is 18.4 Å².